The van der Waals surface area contributed by atoms with Crippen LogP contribution in [0.5, 0.6) is 11.5 Å². The number of phenolic OH excluding ortho intramolecular Hbond substituents is 2. The zero-order valence-corrected chi connectivity index (χ0v) is 13.4. The Labute approximate surface area is 135 Å². The van der Waals surface area contributed by atoms with Gasteiger partial charge in [0, 0.05) is 20.4 Å². The third-order valence-corrected chi connectivity index (χ3v) is 4.41. The van der Waals surface area contributed by atoms with Crippen LogP contribution < -0.4 is 0 Å². The zero-order valence-electron chi connectivity index (χ0n) is 9.78. The van der Waals surface area contributed by atoms with Crippen LogP contribution in [0, 0.1) is 0 Å². The van der Waals surface area contributed by atoms with Crippen LogP contribution in [0.25, 0.3) is 0 Å². The van der Waals surface area contributed by atoms with Crippen molar-refractivity contribution in [2.75, 3.05) is 4.43 Å². The number of phenols is 2. The van der Waals surface area contributed by atoms with Crippen LogP contribution in [0.4, 0.5) is 0 Å². The first kappa shape index (κ1) is 14.8. The van der Waals surface area contributed by atoms with Crippen LogP contribution in [0.15, 0.2) is 36.4 Å². The summed E-state index contributed by atoms with van der Waals surface area (Å²) in [6.45, 7) is 0. The highest BCUT2D eigenvalue weighted by Gasteiger charge is 2.19. The van der Waals surface area contributed by atoms with Gasteiger partial charge in [0.05, 0.1) is 0 Å². The normalized spacial score (nSPS) is 10.9. The van der Waals surface area contributed by atoms with Crippen LogP contribution in [0.1, 0.15) is 17.0 Å². The van der Waals surface area contributed by atoms with Gasteiger partial charge in [0.15, 0.2) is 0 Å². The molecule has 0 aliphatic carbocycles. The Morgan fingerprint density at radius 2 is 1.32 bits per heavy atom. The standard InChI is InChI=1S/C14H11Cl2IO2/c15-13-5-8(18)1-3-10(13)12(7-17)11-4-2-9(19)6-14(11)16/h1-6,12,18-19H,7H2. The maximum atomic E-state index is 9.41. The Hall–Kier alpha value is -0.650. The van der Waals surface area contributed by atoms with E-state index in [1.807, 2.05) is 0 Å². The largest absolute Gasteiger partial charge is 0.508 e. The Balaban J connectivity index is 2.50. The highest BCUT2D eigenvalue weighted by atomic mass is 127. The van der Waals surface area contributed by atoms with E-state index < -0.39 is 0 Å². The molecule has 0 bridgehead atoms. The van der Waals surface area contributed by atoms with Gasteiger partial charge in [-0.2, -0.15) is 0 Å². The van der Waals surface area contributed by atoms with E-state index in [-0.39, 0.29) is 17.4 Å². The molecule has 2 rings (SSSR count). The third kappa shape index (κ3) is 3.27. The van der Waals surface area contributed by atoms with E-state index >= 15 is 0 Å². The lowest BCUT2D eigenvalue weighted by Gasteiger charge is -2.18. The van der Waals surface area contributed by atoms with Gasteiger partial charge in [-0.25, -0.2) is 0 Å². The maximum Gasteiger partial charge on any atom is 0.117 e. The molecule has 2 aromatic carbocycles. The number of benzene rings is 2. The molecule has 2 N–H and O–H groups in total. The monoisotopic (exact) mass is 408 g/mol. The van der Waals surface area contributed by atoms with Crippen molar-refractivity contribution in [2.24, 2.45) is 0 Å². The summed E-state index contributed by atoms with van der Waals surface area (Å²) in [4.78, 5) is 0. The van der Waals surface area contributed by atoms with Crippen molar-refractivity contribution in [1.82, 2.24) is 0 Å². The van der Waals surface area contributed by atoms with Gasteiger partial charge >= 0.3 is 0 Å². The van der Waals surface area contributed by atoms with E-state index in [0.29, 0.717) is 10.0 Å². The van der Waals surface area contributed by atoms with E-state index in [1.165, 1.54) is 12.1 Å². The van der Waals surface area contributed by atoms with Gasteiger partial charge in [-0.1, -0.05) is 57.9 Å². The molecular formula is C14H11Cl2IO2. The molecule has 0 aliphatic rings. The molecule has 0 saturated carbocycles. The Morgan fingerprint density at radius 1 is 0.895 bits per heavy atom. The molecule has 2 nitrogen and oxygen atoms in total. The van der Waals surface area contributed by atoms with Crippen LogP contribution in [-0.4, -0.2) is 14.6 Å². The minimum atomic E-state index is 0.0156. The van der Waals surface area contributed by atoms with Crippen LogP contribution in [-0.2, 0) is 0 Å². The summed E-state index contributed by atoms with van der Waals surface area (Å²) in [6, 6.07) is 9.84. The number of halogens is 3. The van der Waals surface area contributed by atoms with Gasteiger partial charge in [-0.15, -0.1) is 0 Å². The van der Waals surface area contributed by atoms with Gasteiger partial charge < -0.3 is 10.2 Å². The van der Waals surface area contributed by atoms with E-state index in [0.717, 1.165) is 15.6 Å². The number of hydrogen-bond donors (Lipinski definition) is 2. The first-order chi connectivity index (χ1) is 9.02. The predicted molar refractivity (Wildman–Crippen MR) is 87.0 cm³/mol. The van der Waals surface area contributed by atoms with Gasteiger partial charge in [0.2, 0.25) is 0 Å². The first-order valence-electron chi connectivity index (χ1n) is 5.55. The zero-order chi connectivity index (χ0) is 14.0. The number of hydrogen-bond acceptors (Lipinski definition) is 2. The smallest absolute Gasteiger partial charge is 0.117 e. The SMILES string of the molecule is Oc1ccc(C(CI)c2ccc(O)cc2Cl)c(Cl)c1. The van der Waals surface area contributed by atoms with Gasteiger partial charge in [-0.3, -0.25) is 0 Å². The highest BCUT2D eigenvalue weighted by Crippen LogP contribution is 2.37. The second-order valence-corrected chi connectivity index (χ2v) is 5.81. The Kier molecular flexibility index (Phi) is 4.81. The molecule has 0 spiro atoms. The summed E-state index contributed by atoms with van der Waals surface area (Å²) in [5.74, 6) is 0.289. The number of rotatable bonds is 3. The summed E-state index contributed by atoms with van der Waals surface area (Å²) >= 11 is 14.6. The van der Waals surface area contributed by atoms with Crippen LogP contribution >= 0.6 is 45.8 Å². The summed E-state index contributed by atoms with van der Waals surface area (Å²) < 4.78 is 0.784. The van der Waals surface area contributed by atoms with Crippen molar-refractivity contribution in [2.45, 2.75) is 5.92 Å². The molecule has 0 aliphatic heterocycles. The summed E-state index contributed by atoms with van der Waals surface area (Å²) in [6.07, 6.45) is 0. The average molecular weight is 409 g/mol. The van der Waals surface area contributed by atoms with Crippen LogP contribution in [0.3, 0.4) is 0 Å². The molecule has 0 heterocycles. The first-order valence-corrected chi connectivity index (χ1v) is 7.84. The molecule has 0 radical (unpaired) electrons. The average Bonchev–Trinajstić information content (AvgIpc) is 2.34. The third-order valence-electron chi connectivity index (χ3n) is 2.87. The predicted octanol–water partition coefficient (Wildman–Crippen LogP) is 4.97. The quantitative estimate of drug-likeness (QED) is 0.555. The summed E-state index contributed by atoms with van der Waals surface area (Å²) in [5.41, 5.74) is 1.81. The number of aromatic hydroxyl groups is 2. The summed E-state index contributed by atoms with van der Waals surface area (Å²) in [5, 5.41) is 19.8. The van der Waals surface area contributed by atoms with Gasteiger partial charge in [0.25, 0.3) is 0 Å². The maximum absolute atomic E-state index is 9.41. The van der Waals surface area contributed by atoms with E-state index in [9.17, 15) is 10.2 Å². The summed E-state index contributed by atoms with van der Waals surface area (Å²) in [7, 11) is 0. The fourth-order valence-corrected chi connectivity index (χ4v) is 3.49. The Bertz CT molecular complexity index is 550. The van der Waals surface area contributed by atoms with Crippen molar-refractivity contribution in [1.29, 1.82) is 0 Å². The van der Waals surface area contributed by atoms with Crippen molar-refractivity contribution < 1.29 is 10.2 Å². The molecular weight excluding hydrogens is 398 g/mol. The van der Waals surface area contributed by atoms with Crippen LogP contribution in [0.2, 0.25) is 10.0 Å². The van der Waals surface area contributed by atoms with Crippen molar-refractivity contribution in [3.8, 4) is 11.5 Å². The molecule has 2 aromatic rings. The second-order valence-electron chi connectivity index (χ2n) is 4.12. The van der Waals surface area contributed by atoms with E-state index in [2.05, 4.69) is 22.6 Å². The highest BCUT2D eigenvalue weighted by molar-refractivity contribution is 14.1. The minimum Gasteiger partial charge on any atom is -0.508 e. The van der Waals surface area contributed by atoms with Crippen molar-refractivity contribution in [3.05, 3.63) is 57.6 Å². The fourth-order valence-electron chi connectivity index (χ4n) is 1.93. The molecule has 5 heteroatoms. The lowest BCUT2D eigenvalue weighted by atomic mass is 9.93. The Morgan fingerprint density at radius 3 is 1.63 bits per heavy atom. The fraction of sp³-hybridized carbons (Fsp3) is 0.143. The molecule has 100 valence electrons. The van der Waals surface area contributed by atoms with Crippen molar-refractivity contribution in [3.63, 3.8) is 0 Å². The minimum absolute atomic E-state index is 0.0156. The topological polar surface area (TPSA) is 40.5 Å². The van der Waals surface area contributed by atoms with Gasteiger partial charge in [0.1, 0.15) is 11.5 Å². The number of alkyl halides is 1. The lowest BCUT2D eigenvalue weighted by molar-refractivity contribution is 0.475. The van der Waals surface area contributed by atoms with Crippen molar-refractivity contribution >= 4 is 45.8 Å². The van der Waals surface area contributed by atoms with Gasteiger partial charge in [-0.05, 0) is 35.4 Å². The molecule has 0 aromatic heterocycles. The molecule has 0 atom stereocenters. The molecule has 0 amide bonds. The molecule has 0 saturated heterocycles. The molecule has 19 heavy (non-hydrogen) atoms. The molecule has 0 fully saturated rings. The molecule has 0 unspecified atom stereocenters. The lowest BCUT2D eigenvalue weighted by Crippen LogP contribution is -2.04. The van der Waals surface area contributed by atoms with E-state index in [1.54, 1.807) is 24.3 Å². The van der Waals surface area contributed by atoms with E-state index in [4.69, 9.17) is 23.2 Å². The second kappa shape index (κ2) is 6.20.